The highest BCUT2D eigenvalue weighted by Gasteiger charge is 2.16. The lowest BCUT2D eigenvalue weighted by molar-refractivity contribution is 0.392. The van der Waals surface area contributed by atoms with Crippen molar-refractivity contribution in [2.24, 2.45) is 5.11 Å². The quantitative estimate of drug-likeness (QED) is 0.385. The summed E-state index contributed by atoms with van der Waals surface area (Å²) in [6, 6.07) is 1.96. The molecule has 0 unspecified atom stereocenters. The molecule has 6 nitrogen and oxygen atoms in total. The Hall–Kier alpha value is -2.60. The Morgan fingerprint density at radius 3 is 2.83 bits per heavy atom. The Bertz CT molecular complexity index is 735. The van der Waals surface area contributed by atoms with E-state index < -0.39 is 28.6 Å². The van der Waals surface area contributed by atoms with E-state index in [0.717, 1.165) is 12.1 Å². The number of hydrogen-bond donors (Lipinski definition) is 1. The predicted molar refractivity (Wildman–Crippen MR) is 56.9 cm³/mol. The van der Waals surface area contributed by atoms with E-state index in [4.69, 9.17) is 10.6 Å². The van der Waals surface area contributed by atoms with Crippen LogP contribution in [-0.4, -0.2) is 5.11 Å². The molecule has 1 aromatic heterocycles. The van der Waals surface area contributed by atoms with Crippen LogP contribution in [0, 0.1) is 11.6 Å². The van der Waals surface area contributed by atoms with Crippen LogP contribution < -0.4 is 5.63 Å². The summed E-state index contributed by atoms with van der Waals surface area (Å²) in [6.07, 6.45) is 0. The van der Waals surface area contributed by atoms with E-state index in [-0.39, 0.29) is 17.5 Å². The van der Waals surface area contributed by atoms with E-state index in [1.807, 2.05) is 0 Å². The molecule has 18 heavy (non-hydrogen) atoms. The monoisotopic (exact) mass is 253 g/mol. The van der Waals surface area contributed by atoms with E-state index in [2.05, 4.69) is 14.4 Å². The molecular formula is C10H5F2N3O3. The fourth-order valence-electron chi connectivity index (χ4n) is 1.44. The lowest BCUT2D eigenvalue weighted by Crippen LogP contribution is -2.06. The van der Waals surface area contributed by atoms with Gasteiger partial charge in [-0.05, 0) is 17.7 Å². The van der Waals surface area contributed by atoms with E-state index in [1.165, 1.54) is 0 Å². The zero-order valence-electron chi connectivity index (χ0n) is 8.72. The Labute approximate surface area is 97.7 Å². The van der Waals surface area contributed by atoms with Crippen LogP contribution in [-0.2, 0) is 6.54 Å². The van der Waals surface area contributed by atoms with Crippen molar-refractivity contribution in [1.29, 1.82) is 0 Å². The van der Waals surface area contributed by atoms with Crippen molar-refractivity contribution in [3.05, 3.63) is 50.2 Å². The van der Waals surface area contributed by atoms with Gasteiger partial charge >= 0.3 is 5.63 Å². The van der Waals surface area contributed by atoms with Crippen LogP contribution in [0.3, 0.4) is 0 Å². The molecule has 1 aromatic carbocycles. The van der Waals surface area contributed by atoms with Gasteiger partial charge in [-0.1, -0.05) is 5.11 Å². The van der Waals surface area contributed by atoms with Crippen LogP contribution >= 0.6 is 0 Å². The number of benzene rings is 1. The highest BCUT2D eigenvalue weighted by Crippen LogP contribution is 2.28. The SMILES string of the molecule is [N-]=[N+]=NCc1cc2cc(F)c(O)c(F)c2oc1=O. The molecule has 0 bridgehead atoms. The molecule has 0 fully saturated rings. The van der Waals surface area contributed by atoms with Gasteiger partial charge in [-0.2, -0.15) is 4.39 Å². The third-order valence-corrected chi connectivity index (χ3v) is 2.27. The van der Waals surface area contributed by atoms with Gasteiger partial charge < -0.3 is 9.52 Å². The number of rotatable bonds is 2. The molecule has 0 aliphatic carbocycles. The standard InChI is InChI=1S/C10H5F2N3O3/c11-6-2-4-1-5(3-14-15-13)10(17)18-9(4)7(12)8(6)16/h1-2,16H,3H2. The molecule has 0 aliphatic rings. The highest BCUT2D eigenvalue weighted by molar-refractivity contribution is 5.79. The predicted octanol–water partition coefficient (Wildman–Crippen LogP) is 2.59. The van der Waals surface area contributed by atoms with Gasteiger partial charge in [0, 0.05) is 15.9 Å². The minimum Gasteiger partial charge on any atom is -0.503 e. The summed E-state index contributed by atoms with van der Waals surface area (Å²) in [7, 11) is 0. The summed E-state index contributed by atoms with van der Waals surface area (Å²) >= 11 is 0. The lowest BCUT2D eigenvalue weighted by atomic mass is 10.1. The fourth-order valence-corrected chi connectivity index (χ4v) is 1.44. The molecule has 92 valence electrons. The molecule has 0 saturated heterocycles. The van der Waals surface area contributed by atoms with Crippen molar-refractivity contribution in [2.75, 3.05) is 0 Å². The molecule has 8 heteroatoms. The number of hydrogen-bond acceptors (Lipinski definition) is 4. The topological polar surface area (TPSA) is 99.2 Å². The number of azide groups is 1. The molecule has 0 aliphatic heterocycles. The Balaban J connectivity index is 2.76. The summed E-state index contributed by atoms with van der Waals surface area (Å²) < 4.78 is 31.1. The maximum absolute atomic E-state index is 13.4. The van der Waals surface area contributed by atoms with Gasteiger partial charge in [0.05, 0.1) is 6.54 Å². The van der Waals surface area contributed by atoms with Gasteiger partial charge in [0.25, 0.3) is 0 Å². The molecule has 0 amide bonds. The first-order chi connectivity index (χ1) is 8.54. The van der Waals surface area contributed by atoms with E-state index in [0.29, 0.717) is 0 Å². The zero-order chi connectivity index (χ0) is 13.3. The number of phenols is 1. The molecule has 0 spiro atoms. The summed E-state index contributed by atoms with van der Waals surface area (Å²) in [4.78, 5) is 13.9. The number of phenolic OH excluding ortho intramolecular Hbond substituents is 1. The third-order valence-electron chi connectivity index (χ3n) is 2.27. The molecule has 0 saturated carbocycles. The average molecular weight is 253 g/mol. The summed E-state index contributed by atoms with van der Waals surface area (Å²) in [5.74, 6) is -3.74. The van der Waals surface area contributed by atoms with Crippen molar-refractivity contribution < 1.29 is 18.3 Å². The number of halogens is 2. The van der Waals surface area contributed by atoms with Crippen LogP contribution in [0.4, 0.5) is 8.78 Å². The second kappa shape index (κ2) is 4.34. The maximum Gasteiger partial charge on any atom is 0.339 e. The Morgan fingerprint density at radius 1 is 1.44 bits per heavy atom. The summed E-state index contributed by atoms with van der Waals surface area (Å²) in [5, 5.41) is 12.1. The van der Waals surface area contributed by atoms with E-state index >= 15 is 0 Å². The molecule has 0 radical (unpaired) electrons. The van der Waals surface area contributed by atoms with E-state index in [9.17, 15) is 13.6 Å². The normalized spacial score (nSPS) is 10.3. The second-order valence-electron chi connectivity index (χ2n) is 3.39. The van der Waals surface area contributed by atoms with Crippen LogP contribution in [0.1, 0.15) is 5.56 Å². The van der Waals surface area contributed by atoms with Crippen molar-refractivity contribution in [1.82, 2.24) is 0 Å². The van der Waals surface area contributed by atoms with Gasteiger partial charge in [-0.25, -0.2) is 9.18 Å². The molecule has 2 rings (SSSR count). The number of fused-ring (bicyclic) bond motifs is 1. The van der Waals surface area contributed by atoms with Gasteiger partial charge in [-0.3, -0.25) is 0 Å². The van der Waals surface area contributed by atoms with Gasteiger partial charge in [0.2, 0.25) is 5.82 Å². The minimum absolute atomic E-state index is 0.0372. The van der Waals surface area contributed by atoms with Gasteiger partial charge in [0.15, 0.2) is 17.1 Å². The minimum atomic E-state index is -1.35. The summed E-state index contributed by atoms with van der Waals surface area (Å²) in [5.41, 5.74) is 6.62. The van der Waals surface area contributed by atoms with Crippen molar-refractivity contribution >= 4 is 11.0 Å². The van der Waals surface area contributed by atoms with Crippen molar-refractivity contribution in [3.63, 3.8) is 0 Å². The van der Waals surface area contributed by atoms with Crippen molar-refractivity contribution in [2.45, 2.75) is 6.54 Å². The molecule has 1 N–H and O–H groups in total. The third kappa shape index (κ3) is 1.85. The first-order valence-electron chi connectivity index (χ1n) is 4.69. The lowest BCUT2D eigenvalue weighted by Gasteiger charge is -2.03. The highest BCUT2D eigenvalue weighted by atomic mass is 19.1. The first-order valence-corrected chi connectivity index (χ1v) is 4.69. The molecular weight excluding hydrogens is 248 g/mol. The average Bonchev–Trinajstić information content (AvgIpc) is 2.35. The number of nitrogens with zero attached hydrogens (tertiary/aromatic N) is 3. The molecule has 2 aromatic rings. The van der Waals surface area contributed by atoms with Crippen molar-refractivity contribution in [3.8, 4) is 5.75 Å². The van der Waals surface area contributed by atoms with Gasteiger partial charge in [0.1, 0.15) is 0 Å². The zero-order valence-corrected chi connectivity index (χ0v) is 8.72. The first kappa shape index (κ1) is 11.9. The van der Waals surface area contributed by atoms with Crippen LogP contribution in [0.15, 0.2) is 26.5 Å². The van der Waals surface area contributed by atoms with Crippen LogP contribution in [0.25, 0.3) is 21.4 Å². The van der Waals surface area contributed by atoms with Gasteiger partial charge in [-0.15, -0.1) is 0 Å². The smallest absolute Gasteiger partial charge is 0.339 e. The number of aromatic hydroxyl groups is 1. The molecule has 1 heterocycles. The van der Waals surface area contributed by atoms with E-state index in [1.54, 1.807) is 0 Å². The molecule has 0 atom stereocenters. The fraction of sp³-hybridized carbons (Fsp3) is 0.100. The Morgan fingerprint density at radius 2 is 2.17 bits per heavy atom. The second-order valence-corrected chi connectivity index (χ2v) is 3.39. The summed E-state index contributed by atoms with van der Waals surface area (Å²) in [6.45, 7) is -0.293. The van der Waals surface area contributed by atoms with Crippen LogP contribution in [0.5, 0.6) is 5.75 Å². The Kier molecular flexibility index (Phi) is 2.86. The maximum atomic E-state index is 13.4. The van der Waals surface area contributed by atoms with Crippen LogP contribution in [0.2, 0.25) is 0 Å². The largest absolute Gasteiger partial charge is 0.503 e.